The molecule has 3 aromatic rings. The third kappa shape index (κ3) is 3.29. The van der Waals surface area contributed by atoms with Crippen molar-refractivity contribution in [2.45, 2.75) is 37.6 Å². The van der Waals surface area contributed by atoms with Crippen LogP contribution in [0.2, 0.25) is 0 Å². The zero-order valence-electron chi connectivity index (χ0n) is 17.6. The van der Waals surface area contributed by atoms with Gasteiger partial charge in [-0.1, -0.05) is 54.6 Å². The van der Waals surface area contributed by atoms with Crippen LogP contribution < -0.4 is 9.64 Å². The van der Waals surface area contributed by atoms with Gasteiger partial charge in [0.05, 0.1) is 37.7 Å². The molecule has 31 heavy (non-hydrogen) atoms. The summed E-state index contributed by atoms with van der Waals surface area (Å²) >= 11 is 0. The Morgan fingerprint density at radius 3 is 2.58 bits per heavy atom. The maximum absolute atomic E-state index is 6.75. The molecule has 0 bridgehead atoms. The summed E-state index contributed by atoms with van der Waals surface area (Å²) in [5, 5.41) is 7.43. The highest BCUT2D eigenvalue weighted by molar-refractivity contribution is 6.01. The van der Waals surface area contributed by atoms with Crippen molar-refractivity contribution in [1.82, 2.24) is 9.99 Å². The number of para-hydroxylation sites is 1. The Bertz CT molecular complexity index is 1090. The maximum Gasteiger partial charge on any atom is 0.208 e. The van der Waals surface area contributed by atoms with Crippen LogP contribution in [0.1, 0.15) is 42.0 Å². The number of fused-ring (bicyclic) bond motifs is 4. The van der Waals surface area contributed by atoms with Gasteiger partial charge >= 0.3 is 0 Å². The van der Waals surface area contributed by atoms with Gasteiger partial charge in [-0.2, -0.15) is 5.10 Å². The predicted octanol–water partition coefficient (Wildman–Crippen LogP) is 3.20. The van der Waals surface area contributed by atoms with Gasteiger partial charge in [0.2, 0.25) is 5.72 Å². The van der Waals surface area contributed by atoms with Crippen molar-refractivity contribution in [2.75, 3.05) is 13.1 Å². The molecule has 1 fully saturated rings. The lowest BCUT2D eigenvalue weighted by atomic mass is 9.90. The van der Waals surface area contributed by atoms with Crippen molar-refractivity contribution in [1.29, 1.82) is 0 Å². The molecule has 0 unspecified atom stereocenters. The van der Waals surface area contributed by atoms with Gasteiger partial charge in [-0.15, -0.1) is 0 Å². The standard InChI is InChI=1S/C26H26N4O/c1-2-7-20(8-3-1)19-29-15-12-26(13-16-29)30-24(22-10-4-5-11-25(22)31-26)17-23(28-30)21-9-6-14-27-18-21/h1-11,14,18,24H,12-13,15-17,19H2/p+1/t24-/m0/s1. The number of pyridine rings is 1. The molecule has 0 radical (unpaired) electrons. The van der Waals surface area contributed by atoms with Crippen molar-refractivity contribution in [3.8, 4) is 5.75 Å². The van der Waals surface area contributed by atoms with Crippen molar-refractivity contribution in [3.63, 3.8) is 0 Å². The Morgan fingerprint density at radius 2 is 1.77 bits per heavy atom. The number of nitrogens with one attached hydrogen (secondary N) is 1. The summed E-state index contributed by atoms with van der Waals surface area (Å²) in [7, 11) is 0. The van der Waals surface area contributed by atoms with Crippen LogP contribution in [0.4, 0.5) is 0 Å². The number of nitrogens with zero attached hydrogens (tertiary/aromatic N) is 3. The molecule has 6 rings (SSSR count). The van der Waals surface area contributed by atoms with Gasteiger partial charge in [0.25, 0.3) is 0 Å². The number of aromatic nitrogens is 1. The van der Waals surface area contributed by atoms with E-state index in [9.17, 15) is 0 Å². The van der Waals surface area contributed by atoms with E-state index in [0.29, 0.717) is 0 Å². The number of quaternary nitrogens is 1. The quantitative estimate of drug-likeness (QED) is 0.720. The second kappa shape index (κ2) is 7.50. The lowest BCUT2D eigenvalue weighted by Gasteiger charge is -2.50. The minimum Gasteiger partial charge on any atom is -0.466 e. The SMILES string of the molecule is c1ccc(C[NH+]2CCC3(CC2)Oc2ccccc2[C@@H]2CC(c4cccnc4)=NN23)cc1. The van der Waals surface area contributed by atoms with Gasteiger partial charge < -0.3 is 9.64 Å². The van der Waals surface area contributed by atoms with Crippen LogP contribution >= 0.6 is 0 Å². The lowest BCUT2D eigenvalue weighted by molar-refractivity contribution is -0.921. The molecule has 5 nitrogen and oxygen atoms in total. The molecule has 156 valence electrons. The molecule has 5 heteroatoms. The van der Waals surface area contributed by atoms with Crippen LogP contribution in [0.25, 0.3) is 0 Å². The van der Waals surface area contributed by atoms with E-state index in [1.54, 1.807) is 4.90 Å². The largest absolute Gasteiger partial charge is 0.466 e. The molecule has 1 spiro atoms. The summed E-state index contributed by atoms with van der Waals surface area (Å²) in [5.74, 6) is 1.03. The molecular formula is C26H27N4O+. The molecule has 1 N–H and O–H groups in total. The molecule has 1 saturated heterocycles. The predicted molar refractivity (Wildman–Crippen MR) is 120 cm³/mol. The number of hydrogen-bond acceptors (Lipinski definition) is 4. The Kier molecular flexibility index (Phi) is 4.50. The van der Waals surface area contributed by atoms with Gasteiger partial charge in [-0.05, 0) is 12.1 Å². The van der Waals surface area contributed by atoms with Gasteiger partial charge in [0.1, 0.15) is 12.3 Å². The third-order valence-electron chi connectivity index (χ3n) is 6.94. The fraction of sp³-hybridized carbons (Fsp3) is 0.308. The average Bonchev–Trinajstić information content (AvgIpc) is 3.29. The van der Waals surface area contributed by atoms with E-state index in [2.05, 4.69) is 70.7 Å². The van der Waals surface area contributed by atoms with Crippen molar-refractivity contribution >= 4 is 5.71 Å². The van der Waals surface area contributed by atoms with Crippen molar-refractivity contribution in [2.24, 2.45) is 5.10 Å². The normalized spacial score (nSPS) is 26.7. The smallest absolute Gasteiger partial charge is 0.208 e. The fourth-order valence-corrected chi connectivity index (χ4v) is 5.32. The first-order chi connectivity index (χ1) is 15.3. The molecule has 3 aliphatic heterocycles. The fourth-order valence-electron chi connectivity index (χ4n) is 5.32. The van der Waals surface area contributed by atoms with E-state index in [-0.39, 0.29) is 11.8 Å². The Morgan fingerprint density at radius 1 is 0.968 bits per heavy atom. The molecule has 2 aromatic carbocycles. The lowest BCUT2D eigenvalue weighted by Crippen LogP contribution is -3.12. The summed E-state index contributed by atoms with van der Waals surface area (Å²) in [6.07, 6.45) is 6.59. The highest BCUT2D eigenvalue weighted by atomic mass is 16.5. The molecule has 3 aliphatic rings. The number of benzene rings is 2. The maximum atomic E-state index is 6.75. The first-order valence-corrected chi connectivity index (χ1v) is 11.2. The Labute approximate surface area is 183 Å². The summed E-state index contributed by atoms with van der Waals surface area (Å²) < 4.78 is 6.75. The summed E-state index contributed by atoms with van der Waals surface area (Å²) in [6, 6.07) is 23.6. The topological polar surface area (TPSA) is 42.2 Å². The minimum absolute atomic E-state index is 0.232. The number of rotatable bonds is 3. The zero-order chi connectivity index (χ0) is 20.7. The van der Waals surface area contributed by atoms with Gasteiger partial charge in [-0.25, -0.2) is 5.01 Å². The van der Waals surface area contributed by atoms with E-state index in [1.165, 1.54) is 11.1 Å². The third-order valence-corrected chi connectivity index (χ3v) is 6.94. The molecular weight excluding hydrogens is 384 g/mol. The molecule has 0 saturated carbocycles. The molecule has 1 aromatic heterocycles. The first-order valence-electron chi connectivity index (χ1n) is 11.2. The average molecular weight is 412 g/mol. The molecule has 0 aliphatic carbocycles. The van der Waals surface area contributed by atoms with Crippen LogP contribution in [0, 0.1) is 0 Å². The van der Waals surface area contributed by atoms with Crippen LogP contribution in [0.15, 0.2) is 84.2 Å². The van der Waals surface area contributed by atoms with Crippen LogP contribution in [-0.2, 0) is 6.54 Å². The monoisotopic (exact) mass is 411 g/mol. The second-order valence-corrected chi connectivity index (χ2v) is 8.85. The number of piperidine rings is 1. The summed E-state index contributed by atoms with van der Waals surface area (Å²) in [4.78, 5) is 5.93. The summed E-state index contributed by atoms with van der Waals surface area (Å²) in [5.41, 5.74) is 4.51. The second-order valence-electron chi connectivity index (χ2n) is 8.85. The zero-order valence-corrected chi connectivity index (χ0v) is 17.6. The van der Waals surface area contributed by atoms with Gasteiger partial charge in [0, 0.05) is 35.5 Å². The molecule has 1 atom stereocenters. The van der Waals surface area contributed by atoms with Crippen LogP contribution in [0.5, 0.6) is 5.75 Å². The van der Waals surface area contributed by atoms with Crippen molar-refractivity contribution < 1.29 is 9.64 Å². The molecule has 0 amide bonds. The highest BCUT2D eigenvalue weighted by Crippen LogP contribution is 2.49. The number of hydrazone groups is 1. The van der Waals surface area contributed by atoms with E-state index < -0.39 is 0 Å². The van der Waals surface area contributed by atoms with E-state index in [0.717, 1.165) is 55.9 Å². The van der Waals surface area contributed by atoms with Crippen LogP contribution in [-0.4, -0.2) is 34.5 Å². The summed E-state index contributed by atoms with van der Waals surface area (Å²) in [6.45, 7) is 3.23. The van der Waals surface area contributed by atoms with Gasteiger partial charge in [0.15, 0.2) is 0 Å². The Balaban J connectivity index is 1.29. The van der Waals surface area contributed by atoms with Gasteiger partial charge in [-0.3, -0.25) is 4.98 Å². The van der Waals surface area contributed by atoms with Crippen LogP contribution in [0.3, 0.4) is 0 Å². The van der Waals surface area contributed by atoms with E-state index in [4.69, 9.17) is 9.84 Å². The highest BCUT2D eigenvalue weighted by Gasteiger charge is 2.52. The number of ether oxygens (including phenoxy) is 1. The molecule has 4 heterocycles. The Hall–Kier alpha value is -3.18. The van der Waals surface area contributed by atoms with Crippen molar-refractivity contribution in [3.05, 3.63) is 95.8 Å². The number of likely N-dealkylation sites (tertiary alicyclic amines) is 1. The first kappa shape index (κ1) is 18.6. The van der Waals surface area contributed by atoms with E-state index >= 15 is 0 Å². The van der Waals surface area contributed by atoms with E-state index in [1.807, 2.05) is 18.5 Å². The minimum atomic E-state index is -0.358. The number of hydrogen-bond donors (Lipinski definition) is 1.